The quantitative estimate of drug-likeness (QED) is 0.799. The average molecular weight is 301 g/mol. The summed E-state index contributed by atoms with van der Waals surface area (Å²) < 4.78 is 38.2. The summed E-state index contributed by atoms with van der Waals surface area (Å²) in [4.78, 5) is 11.5. The standard InChI is InChI=1S/C14H18F3N3O/c15-14(16,17)9-3-4-11(10(7-9)12(19)21)20-13(8-18)5-1-2-6-13/h3-4,7,20H,1-2,5-6,8,18H2,(H2,19,21). The van der Waals surface area contributed by atoms with Crippen LogP contribution in [0.1, 0.15) is 41.6 Å². The predicted octanol–water partition coefficient (Wildman–Crippen LogP) is 2.49. The predicted molar refractivity (Wildman–Crippen MR) is 73.8 cm³/mol. The lowest BCUT2D eigenvalue weighted by Gasteiger charge is -2.31. The summed E-state index contributed by atoms with van der Waals surface area (Å²) in [5.41, 5.74) is 9.87. The highest BCUT2D eigenvalue weighted by molar-refractivity contribution is 5.98. The highest BCUT2D eigenvalue weighted by Gasteiger charge is 2.35. The van der Waals surface area contributed by atoms with Gasteiger partial charge in [0.15, 0.2) is 0 Å². The number of hydrogen-bond donors (Lipinski definition) is 3. The van der Waals surface area contributed by atoms with Crippen LogP contribution in [-0.4, -0.2) is 18.0 Å². The third-order valence-corrected chi connectivity index (χ3v) is 3.96. The molecule has 2 rings (SSSR count). The van der Waals surface area contributed by atoms with Gasteiger partial charge in [-0.2, -0.15) is 13.2 Å². The van der Waals surface area contributed by atoms with E-state index in [1.807, 2.05) is 0 Å². The number of nitrogens with two attached hydrogens (primary N) is 2. The maximum absolute atomic E-state index is 12.7. The van der Waals surface area contributed by atoms with Crippen LogP contribution in [0.15, 0.2) is 18.2 Å². The van der Waals surface area contributed by atoms with Crippen LogP contribution < -0.4 is 16.8 Å². The van der Waals surface area contributed by atoms with Crippen molar-refractivity contribution in [1.82, 2.24) is 0 Å². The van der Waals surface area contributed by atoms with Gasteiger partial charge in [0, 0.05) is 17.8 Å². The van der Waals surface area contributed by atoms with Crippen molar-refractivity contribution in [3.8, 4) is 0 Å². The van der Waals surface area contributed by atoms with Gasteiger partial charge in [0.1, 0.15) is 0 Å². The van der Waals surface area contributed by atoms with Gasteiger partial charge in [-0.25, -0.2) is 0 Å². The van der Waals surface area contributed by atoms with Crippen LogP contribution >= 0.6 is 0 Å². The fraction of sp³-hybridized carbons (Fsp3) is 0.500. The number of hydrogen-bond acceptors (Lipinski definition) is 3. The van der Waals surface area contributed by atoms with Crippen LogP contribution in [0.3, 0.4) is 0 Å². The summed E-state index contributed by atoms with van der Waals surface area (Å²) in [6, 6.07) is 2.97. The van der Waals surface area contributed by atoms with Gasteiger partial charge in [-0.1, -0.05) is 12.8 Å². The van der Waals surface area contributed by atoms with Crippen LogP contribution in [0, 0.1) is 0 Å². The van der Waals surface area contributed by atoms with Crippen LogP contribution in [0.4, 0.5) is 18.9 Å². The molecule has 1 aromatic rings. The minimum absolute atomic E-state index is 0.162. The Morgan fingerprint density at radius 1 is 1.29 bits per heavy atom. The number of rotatable bonds is 4. The van der Waals surface area contributed by atoms with Crippen molar-refractivity contribution in [2.24, 2.45) is 11.5 Å². The molecule has 1 aliphatic carbocycles. The van der Waals surface area contributed by atoms with Crippen LogP contribution in [0.2, 0.25) is 0 Å². The van der Waals surface area contributed by atoms with E-state index in [4.69, 9.17) is 11.5 Å². The Morgan fingerprint density at radius 2 is 1.90 bits per heavy atom. The lowest BCUT2D eigenvalue weighted by atomic mass is 9.96. The second kappa shape index (κ2) is 5.55. The van der Waals surface area contributed by atoms with Gasteiger partial charge in [-0.3, -0.25) is 4.79 Å². The summed E-state index contributed by atoms with van der Waals surface area (Å²) in [6.07, 6.45) is -0.874. The van der Waals surface area contributed by atoms with E-state index in [0.29, 0.717) is 12.2 Å². The van der Waals surface area contributed by atoms with Gasteiger partial charge in [0.2, 0.25) is 0 Å². The minimum Gasteiger partial charge on any atom is -0.378 e. The molecule has 4 nitrogen and oxygen atoms in total. The van der Waals surface area contributed by atoms with E-state index in [1.165, 1.54) is 6.07 Å². The van der Waals surface area contributed by atoms with E-state index in [1.54, 1.807) is 0 Å². The largest absolute Gasteiger partial charge is 0.416 e. The molecule has 0 atom stereocenters. The second-order valence-corrected chi connectivity index (χ2v) is 5.44. The Labute approximate surface area is 120 Å². The summed E-state index contributed by atoms with van der Waals surface area (Å²) in [5, 5.41) is 3.14. The van der Waals surface area contributed by atoms with Gasteiger partial charge in [-0.05, 0) is 31.0 Å². The molecule has 7 heteroatoms. The van der Waals surface area contributed by atoms with E-state index in [0.717, 1.165) is 37.8 Å². The highest BCUT2D eigenvalue weighted by Crippen LogP contribution is 2.36. The molecule has 0 heterocycles. The van der Waals surface area contributed by atoms with Crippen LogP contribution in [0.5, 0.6) is 0 Å². The molecule has 0 saturated heterocycles. The molecule has 1 aromatic carbocycles. The third kappa shape index (κ3) is 3.29. The van der Waals surface area contributed by atoms with Crippen molar-refractivity contribution in [2.45, 2.75) is 37.4 Å². The molecule has 1 aliphatic rings. The Kier molecular flexibility index (Phi) is 4.13. The first-order valence-corrected chi connectivity index (χ1v) is 6.77. The number of alkyl halides is 3. The molecule has 0 bridgehead atoms. The lowest BCUT2D eigenvalue weighted by molar-refractivity contribution is -0.137. The first-order valence-electron chi connectivity index (χ1n) is 6.77. The van der Waals surface area contributed by atoms with E-state index >= 15 is 0 Å². The average Bonchev–Trinajstić information content (AvgIpc) is 2.87. The zero-order chi connectivity index (χ0) is 15.7. The SMILES string of the molecule is NCC1(Nc2ccc(C(F)(F)F)cc2C(N)=O)CCCC1. The first-order chi connectivity index (χ1) is 9.77. The molecular formula is C14H18F3N3O. The monoisotopic (exact) mass is 301 g/mol. The summed E-state index contributed by atoms with van der Waals surface area (Å²) in [6.45, 7) is 0.353. The third-order valence-electron chi connectivity index (χ3n) is 3.96. The fourth-order valence-corrected chi connectivity index (χ4v) is 2.75. The van der Waals surface area contributed by atoms with E-state index < -0.39 is 17.6 Å². The Morgan fingerprint density at radius 3 is 2.38 bits per heavy atom. The number of carbonyl (C=O) groups excluding carboxylic acids is 1. The van der Waals surface area contributed by atoms with Crippen molar-refractivity contribution in [2.75, 3.05) is 11.9 Å². The number of primary amides is 1. The zero-order valence-corrected chi connectivity index (χ0v) is 11.5. The van der Waals surface area contributed by atoms with Gasteiger partial charge in [0.25, 0.3) is 5.91 Å². The molecule has 0 unspecified atom stereocenters. The smallest absolute Gasteiger partial charge is 0.378 e. The number of benzene rings is 1. The molecule has 0 aliphatic heterocycles. The number of halogens is 3. The molecule has 1 amide bonds. The van der Waals surface area contributed by atoms with E-state index in [-0.39, 0.29) is 11.1 Å². The molecule has 5 N–H and O–H groups in total. The Balaban J connectivity index is 2.37. The fourth-order valence-electron chi connectivity index (χ4n) is 2.75. The second-order valence-electron chi connectivity index (χ2n) is 5.44. The summed E-state index contributed by atoms with van der Waals surface area (Å²) in [7, 11) is 0. The summed E-state index contributed by atoms with van der Waals surface area (Å²) in [5.74, 6) is -0.895. The van der Waals surface area contributed by atoms with Gasteiger partial charge < -0.3 is 16.8 Å². The molecular weight excluding hydrogens is 283 g/mol. The minimum atomic E-state index is -4.51. The van der Waals surface area contributed by atoms with E-state index in [2.05, 4.69) is 5.32 Å². The maximum Gasteiger partial charge on any atom is 0.416 e. The normalized spacial score (nSPS) is 17.7. The molecule has 0 radical (unpaired) electrons. The van der Waals surface area contributed by atoms with Crippen LogP contribution in [-0.2, 0) is 6.18 Å². The molecule has 0 spiro atoms. The Bertz CT molecular complexity index is 537. The molecule has 1 fully saturated rings. The first kappa shape index (κ1) is 15.6. The summed E-state index contributed by atoms with van der Waals surface area (Å²) >= 11 is 0. The molecule has 0 aromatic heterocycles. The van der Waals surface area contributed by atoms with E-state index in [9.17, 15) is 18.0 Å². The molecule has 116 valence electrons. The lowest BCUT2D eigenvalue weighted by Crippen LogP contribution is -2.43. The van der Waals surface area contributed by atoms with Crippen molar-refractivity contribution >= 4 is 11.6 Å². The maximum atomic E-state index is 12.7. The number of carbonyl (C=O) groups is 1. The van der Waals surface area contributed by atoms with Crippen molar-refractivity contribution < 1.29 is 18.0 Å². The number of amides is 1. The van der Waals surface area contributed by atoms with Crippen molar-refractivity contribution in [1.29, 1.82) is 0 Å². The van der Waals surface area contributed by atoms with Crippen molar-refractivity contribution in [3.05, 3.63) is 29.3 Å². The Hall–Kier alpha value is -1.76. The zero-order valence-electron chi connectivity index (χ0n) is 11.5. The highest BCUT2D eigenvalue weighted by atomic mass is 19.4. The molecule has 1 saturated carbocycles. The van der Waals surface area contributed by atoms with Gasteiger partial charge >= 0.3 is 6.18 Å². The van der Waals surface area contributed by atoms with Gasteiger partial charge in [-0.15, -0.1) is 0 Å². The van der Waals surface area contributed by atoms with Gasteiger partial charge in [0.05, 0.1) is 11.1 Å². The van der Waals surface area contributed by atoms with Crippen LogP contribution in [0.25, 0.3) is 0 Å². The number of nitrogens with one attached hydrogen (secondary N) is 1. The topological polar surface area (TPSA) is 81.1 Å². The number of anilines is 1. The van der Waals surface area contributed by atoms with Crippen molar-refractivity contribution in [3.63, 3.8) is 0 Å². The molecule has 21 heavy (non-hydrogen) atoms.